The number of amides is 3. The summed E-state index contributed by atoms with van der Waals surface area (Å²) in [5.74, 6) is -1.57. The molecule has 1 N–H and O–H groups in total. The van der Waals surface area contributed by atoms with Crippen molar-refractivity contribution >= 4 is 29.4 Å². The van der Waals surface area contributed by atoms with Crippen LogP contribution in [0, 0.1) is 11.8 Å². The molecule has 7 nitrogen and oxygen atoms in total. The van der Waals surface area contributed by atoms with Gasteiger partial charge in [0.25, 0.3) is 5.91 Å². The van der Waals surface area contributed by atoms with E-state index in [0.717, 1.165) is 31.2 Å². The third-order valence-corrected chi connectivity index (χ3v) is 5.69. The summed E-state index contributed by atoms with van der Waals surface area (Å²) >= 11 is 0. The standard InChI is InChI=1S/C22H28N2O5/c1-14(2)15-7-5-6-10-18(15)23-19(25)13-29-20(26)11-12-24-21(27)16-8-3-4-9-17(16)22(24)28/h5-7,10,14,16-17H,3-4,8-9,11-13H2,1-2H3,(H,23,25)/t16-,17-/m1/s1. The van der Waals surface area contributed by atoms with Gasteiger partial charge in [-0.1, -0.05) is 44.9 Å². The number of imide groups is 1. The Morgan fingerprint density at radius 2 is 1.72 bits per heavy atom. The lowest BCUT2D eigenvalue weighted by atomic mass is 9.81. The fourth-order valence-electron chi connectivity index (χ4n) is 4.17. The van der Waals surface area contributed by atoms with Crippen molar-refractivity contribution in [1.82, 2.24) is 4.90 Å². The minimum Gasteiger partial charge on any atom is -0.456 e. The summed E-state index contributed by atoms with van der Waals surface area (Å²) in [5.41, 5.74) is 1.69. The van der Waals surface area contributed by atoms with Crippen LogP contribution in [0.5, 0.6) is 0 Å². The molecule has 0 aromatic heterocycles. The van der Waals surface area contributed by atoms with E-state index < -0.39 is 18.5 Å². The quantitative estimate of drug-likeness (QED) is 0.561. The van der Waals surface area contributed by atoms with Gasteiger partial charge in [-0.2, -0.15) is 0 Å². The minimum atomic E-state index is -0.604. The van der Waals surface area contributed by atoms with Gasteiger partial charge in [-0.25, -0.2) is 0 Å². The van der Waals surface area contributed by atoms with Crippen molar-refractivity contribution in [2.24, 2.45) is 11.8 Å². The molecule has 29 heavy (non-hydrogen) atoms. The van der Waals surface area contributed by atoms with Crippen LogP contribution in [-0.4, -0.2) is 41.7 Å². The molecule has 156 valence electrons. The zero-order chi connectivity index (χ0) is 21.0. The van der Waals surface area contributed by atoms with E-state index in [1.807, 2.05) is 32.0 Å². The number of carbonyl (C=O) groups excluding carboxylic acids is 4. The number of hydrogen-bond acceptors (Lipinski definition) is 5. The molecule has 7 heteroatoms. The Balaban J connectivity index is 1.45. The van der Waals surface area contributed by atoms with Crippen LogP contribution in [0.25, 0.3) is 0 Å². The van der Waals surface area contributed by atoms with E-state index in [2.05, 4.69) is 5.32 Å². The zero-order valence-electron chi connectivity index (χ0n) is 17.0. The van der Waals surface area contributed by atoms with Gasteiger partial charge in [0.2, 0.25) is 11.8 Å². The van der Waals surface area contributed by atoms with Crippen LogP contribution >= 0.6 is 0 Å². The molecular weight excluding hydrogens is 372 g/mol. The van der Waals surface area contributed by atoms with Gasteiger partial charge in [0, 0.05) is 12.2 Å². The number of rotatable bonds is 7. The number of ether oxygens (including phenoxy) is 1. The summed E-state index contributed by atoms with van der Waals surface area (Å²) in [4.78, 5) is 50.1. The van der Waals surface area contributed by atoms with Crippen molar-refractivity contribution in [3.63, 3.8) is 0 Å². The highest BCUT2D eigenvalue weighted by Crippen LogP contribution is 2.38. The average molecular weight is 400 g/mol. The van der Waals surface area contributed by atoms with Crippen molar-refractivity contribution < 1.29 is 23.9 Å². The fourth-order valence-corrected chi connectivity index (χ4v) is 4.17. The van der Waals surface area contributed by atoms with E-state index in [9.17, 15) is 19.2 Å². The third-order valence-electron chi connectivity index (χ3n) is 5.69. The molecular formula is C22H28N2O5. The predicted octanol–water partition coefficient (Wildman–Crippen LogP) is 2.86. The summed E-state index contributed by atoms with van der Waals surface area (Å²) in [5, 5.41) is 2.76. The Labute approximate surface area is 170 Å². The molecule has 1 aromatic carbocycles. The third kappa shape index (κ3) is 4.83. The summed E-state index contributed by atoms with van der Waals surface area (Å²) in [6.45, 7) is 3.67. The van der Waals surface area contributed by atoms with Crippen molar-refractivity contribution in [2.75, 3.05) is 18.5 Å². The van der Waals surface area contributed by atoms with Gasteiger partial charge in [-0.05, 0) is 30.4 Å². The number of anilines is 1. The average Bonchev–Trinajstić information content (AvgIpc) is 2.95. The Kier molecular flexibility index (Phi) is 6.67. The number of fused-ring (bicyclic) bond motifs is 1. The van der Waals surface area contributed by atoms with Crippen molar-refractivity contribution in [3.8, 4) is 0 Å². The smallest absolute Gasteiger partial charge is 0.308 e. The molecule has 0 bridgehead atoms. The Morgan fingerprint density at radius 3 is 2.34 bits per heavy atom. The van der Waals surface area contributed by atoms with E-state index in [1.54, 1.807) is 6.07 Å². The molecule has 1 saturated heterocycles. The number of para-hydroxylation sites is 1. The van der Waals surface area contributed by atoms with Crippen LogP contribution in [-0.2, 0) is 23.9 Å². The molecule has 2 atom stereocenters. The lowest BCUT2D eigenvalue weighted by molar-refractivity contribution is -0.148. The second kappa shape index (κ2) is 9.20. The molecule has 3 rings (SSSR count). The monoisotopic (exact) mass is 400 g/mol. The molecule has 1 aliphatic heterocycles. The number of esters is 1. The molecule has 3 amide bonds. The normalized spacial score (nSPS) is 21.3. The van der Waals surface area contributed by atoms with Crippen LogP contribution in [0.4, 0.5) is 5.69 Å². The summed E-state index contributed by atoms with van der Waals surface area (Å²) < 4.78 is 5.03. The summed E-state index contributed by atoms with van der Waals surface area (Å²) in [6.07, 6.45) is 3.31. The Morgan fingerprint density at radius 1 is 1.10 bits per heavy atom. The highest BCUT2D eigenvalue weighted by molar-refractivity contribution is 6.05. The number of nitrogens with zero attached hydrogens (tertiary/aromatic N) is 1. The zero-order valence-corrected chi connectivity index (χ0v) is 17.0. The minimum absolute atomic E-state index is 0.0152. The lowest BCUT2D eigenvalue weighted by Crippen LogP contribution is -2.33. The van der Waals surface area contributed by atoms with Gasteiger partial charge in [0.1, 0.15) is 0 Å². The first-order chi connectivity index (χ1) is 13.9. The van der Waals surface area contributed by atoms with Crippen molar-refractivity contribution in [3.05, 3.63) is 29.8 Å². The maximum Gasteiger partial charge on any atom is 0.308 e. The number of carbonyl (C=O) groups is 4. The Hall–Kier alpha value is -2.70. The maximum atomic E-state index is 12.4. The first-order valence-electron chi connectivity index (χ1n) is 10.3. The van der Waals surface area contributed by atoms with Crippen LogP contribution in [0.15, 0.2) is 24.3 Å². The highest BCUT2D eigenvalue weighted by Gasteiger charge is 2.47. The fraction of sp³-hybridized carbons (Fsp3) is 0.545. The second-order valence-electron chi connectivity index (χ2n) is 8.03. The molecule has 1 aromatic rings. The van der Waals surface area contributed by atoms with E-state index in [0.29, 0.717) is 5.69 Å². The van der Waals surface area contributed by atoms with Gasteiger partial charge in [-0.15, -0.1) is 0 Å². The van der Waals surface area contributed by atoms with E-state index in [4.69, 9.17) is 4.74 Å². The number of nitrogens with one attached hydrogen (secondary N) is 1. The maximum absolute atomic E-state index is 12.4. The van der Waals surface area contributed by atoms with Gasteiger partial charge in [0.05, 0.1) is 18.3 Å². The summed E-state index contributed by atoms with van der Waals surface area (Å²) in [6, 6.07) is 7.48. The van der Waals surface area contributed by atoms with Gasteiger partial charge in [-0.3, -0.25) is 24.1 Å². The number of benzene rings is 1. The summed E-state index contributed by atoms with van der Waals surface area (Å²) in [7, 11) is 0. The van der Waals surface area contributed by atoms with Crippen LogP contribution < -0.4 is 5.32 Å². The van der Waals surface area contributed by atoms with Crippen LogP contribution in [0.3, 0.4) is 0 Å². The SMILES string of the molecule is CC(C)c1ccccc1NC(=O)COC(=O)CCN1C(=O)[C@@H]2CCCC[C@H]2C1=O. The van der Waals surface area contributed by atoms with E-state index in [-0.39, 0.29) is 42.5 Å². The molecule has 2 fully saturated rings. The first kappa shape index (κ1) is 21.0. The number of hydrogen-bond donors (Lipinski definition) is 1. The van der Waals surface area contributed by atoms with Crippen molar-refractivity contribution in [1.29, 1.82) is 0 Å². The van der Waals surface area contributed by atoms with Gasteiger partial charge < -0.3 is 10.1 Å². The van der Waals surface area contributed by atoms with Crippen LogP contribution in [0.1, 0.15) is 57.4 Å². The topological polar surface area (TPSA) is 92.8 Å². The largest absolute Gasteiger partial charge is 0.456 e. The predicted molar refractivity (Wildman–Crippen MR) is 107 cm³/mol. The molecule has 1 aliphatic carbocycles. The van der Waals surface area contributed by atoms with E-state index in [1.165, 1.54) is 4.90 Å². The molecule has 0 unspecified atom stereocenters. The Bertz CT molecular complexity index is 780. The van der Waals surface area contributed by atoms with Crippen LogP contribution in [0.2, 0.25) is 0 Å². The number of likely N-dealkylation sites (tertiary alicyclic amines) is 1. The molecule has 0 radical (unpaired) electrons. The second-order valence-corrected chi connectivity index (χ2v) is 8.03. The van der Waals surface area contributed by atoms with Gasteiger partial charge >= 0.3 is 5.97 Å². The molecule has 1 saturated carbocycles. The van der Waals surface area contributed by atoms with Gasteiger partial charge in [0.15, 0.2) is 6.61 Å². The first-order valence-corrected chi connectivity index (χ1v) is 10.3. The molecule has 2 aliphatic rings. The lowest BCUT2D eigenvalue weighted by Gasteiger charge is -2.19. The van der Waals surface area contributed by atoms with Crippen molar-refractivity contribution in [2.45, 2.75) is 51.9 Å². The van der Waals surface area contributed by atoms with E-state index >= 15 is 0 Å². The highest BCUT2D eigenvalue weighted by atomic mass is 16.5. The molecule has 0 spiro atoms. The molecule has 1 heterocycles.